The molecule has 5 heteroatoms. The summed E-state index contributed by atoms with van der Waals surface area (Å²) in [6.45, 7) is 5.48. The van der Waals surface area contributed by atoms with Crippen LogP contribution < -0.4 is 10.6 Å². The van der Waals surface area contributed by atoms with Crippen molar-refractivity contribution in [3.63, 3.8) is 0 Å². The van der Waals surface area contributed by atoms with Gasteiger partial charge in [-0.15, -0.1) is 0 Å². The minimum Gasteiger partial charge on any atom is -0.351 e. The molecule has 0 aliphatic rings. The van der Waals surface area contributed by atoms with Crippen LogP contribution in [0.2, 0.25) is 5.02 Å². The van der Waals surface area contributed by atoms with Crippen molar-refractivity contribution in [2.75, 3.05) is 13.1 Å². The molecule has 17 heavy (non-hydrogen) atoms. The van der Waals surface area contributed by atoms with Gasteiger partial charge < -0.3 is 10.6 Å². The second-order valence-electron chi connectivity index (χ2n) is 4.02. The number of rotatable bonds is 5. The number of halogens is 2. The van der Waals surface area contributed by atoms with Crippen molar-refractivity contribution >= 4 is 33.4 Å². The summed E-state index contributed by atoms with van der Waals surface area (Å²) in [6, 6.07) is 5.57. The zero-order valence-corrected chi connectivity index (χ0v) is 12.2. The molecule has 0 aliphatic heterocycles. The van der Waals surface area contributed by atoms with E-state index in [2.05, 4.69) is 40.4 Å². The van der Waals surface area contributed by atoms with Crippen LogP contribution in [-0.2, 0) is 0 Å². The maximum atomic E-state index is 11.8. The number of carbonyl (C=O) groups is 1. The molecule has 0 fully saturated rings. The normalized spacial score (nSPS) is 10.6. The monoisotopic (exact) mass is 318 g/mol. The first-order valence-electron chi connectivity index (χ1n) is 5.46. The van der Waals surface area contributed by atoms with Crippen LogP contribution in [0.3, 0.4) is 0 Å². The van der Waals surface area contributed by atoms with Crippen molar-refractivity contribution in [2.45, 2.75) is 19.9 Å². The van der Waals surface area contributed by atoms with E-state index in [-0.39, 0.29) is 5.91 Å². The lowest BCUT2D eigenvalue weighted by molar-refractivity contribution is 0.0953. The molecule has 1 rings (SSSR count). The van der Waals surface area contributed by atoms with E-state index in [1.165, 1.54) is 0 Å². The third-order valence-corrected chi connectivity index (χ3v) is 2.76. The van der Waals surface area contributed by atoms with Crippen LogP contribution in [0.4, 0.5) is 0 Å². The molecule has 2 N–H and O–H groups in total. The van der Waals surface area contributed by atoms with Gasteiger partial charge in [-0.2, -0.15) is 0 Å². The first kappa shape index (κ1) is 14.5. The summed E-state index contributed by atoms with van der Waals surface area (Å²) in [5.41, 5.74) is 0.564. The second kappa shape index (κ2) is 6.99. The maximum absolute atomic E-state index is 11.8. The van der Waals surface area contributed by atoms with Gasteiger partial charge in [0.05, 0.1) is 0 Å². The summed E-state index contributed by atoms with van der Waals surface area (Å²) in [5, 5.41) is 6.60. The van der Waals surface area contributed by atoms with E-state index in [4.69, 9.17) is 11.6 Å². The van der Waals surface area contributed by atoms with Gasteiger partial charge >= 0.3 is 0 Å². The standard InChI is InChI=1S/C12H16BrClN2O/c1-8(2)15-3-4-16-12(17)9-5-10(13)7-11(14)6-9/h5-8,15H,3-4H2,1-2H3,(H,16,17). The van der Waals surface area contributed by atoms with Gasteiger partial charge in [0.2, 0.25) is 0 Å². The van der Waals surface area contributed by atoms with E-state index in [0.717, 1.165) is 11.0 Å². The molecule has 0 spiro atoms. The highest BCUT2D eigenvalue weighted by Gasteiger charge is 2.06. The average Bonchev–Trinajstić information content (AvgIpc) is 2.22. The van der Waals surface area contributed by atoms with Gasteiger partial charge in [-0.05, 0) is 18.2 Å². The zero-order valence-electron chi connectivity index (χ0n) is 9.89. The van der Waals surface area contributed by atoms with Gasteiger partial charge in [-0.25, -0.2) is 0 Å². The van der Waals surface area contributed by atoms with Crippen molar-refractivity contribution in [1.29, 1.82) is 0 Å². The Morgan fingerprint density at radius 1 is 1.35 bits per heavy atom. The molecule has 0 bridgehead atoms. The molecule has 1 aromatic rings. The minimum absolute atomic E-state index is 0.112. The highest BCUT2D eigenvalue weighted by Crippen LogP contribution is 2.19. The van der Waals surface area contributed by atoms with Gasteiger partial charge in [-0.1, -0.05) is 41.4 Å². The maximum Gasteiger partial charge on any atom is 0.251 e. The lowest BCUT2D eigenvalue weighted by atomic mass is 10.2. The average molecular weight is 320 g/mol. The van der Waals surface area contributed by atoms with E-state index in [9.17, 15) is 4.79 Å². The Bertz CT molecular complexity index is 376. The van der Waals surface area contributed by atoms with Gasteiger partial charge in [0.15, 0.2) is 0 Å². The predicted octanol–water partition coefficient (Wildman–Crippen LogP) is 2.83. The summed E-state index contributed by atoms with van der Waals surface area (Å²) in [5.74, 6) is -0.112. The lowest BCUT2D eigenvalue weighted by Crippen LogP contribution is -2.34. The molecular formula is C12H16BrClN2O. The molecule has 0 unspecified atom stereocenters. The molecule has 0 radical (unpaired) electrons. The molecule has 1 aromatic carbocycles. The number of nitrogens with one attached hydrogen (secondary N) is 2. The fourth-order valence-electron chi connectivity index (χ4n) is 1.32. The minimum atomic E-state index is -0.112. The van der Waals surface area contributed by atoms with Crippen LogP contribution in [-0.4, -0.2) is 25.0 Å². The predicted molar refractivity (Wildman–Crippen MR) is 74.6 cm³/mol. The molecule has 0 saturated carbocycles. The van der Waals surface area contributed by atoms with E-state index < -0.39 is 0 Å². The molecule has 0 aromatic heterocycles. The molecule has 0 heterocycles. The highest BCUT2D eigenvalue weighted by atomic mass is 79.9. The number of carbonyl (C=O) groups excluding carboxylic acids is 1. The first-order chi connectivity index (χ1) is 7.99. The van der Waals surface area contributed by atoms with Gasteiger partial charge in [0, 0.05) is 34.2 Å². The Morgan fingerprint density at radius 2 is 2.06 bits per heavy atom. The van der Waals surface area contributed by atoms with Crippen LogP contribution in [0, 0.1) is 0 Å². The number of benzene rings is 1. The van der Waals surface area contributed by atoms with Crippen molar-refractivity contribution in [1.82, 2.24) is 10.6 Å². The smallest absolute Gasteiger partial charge is 0.251 e. The van der Waals surface area contributed by atoms with Crippen molar-refractivity contribution in [3.05, 3.63) is 33.3 Å². The van der Waals surface area contributed by atoms with Gasteiger partial charge in [0.25, 0.3) is 5.91 Å². The lowest BCUT2D eigenvalue weighted by Gasteiger charge is -2.09. The van der Waals surface area contributed by atoms with E-state index in [0.29, 0.717) is 23.2 Å². The van der Waals surface area contributed by atoms with Crippen molar-refractivity contribution < 1.29 is 4.79 Å². The van der Waals surface area contributed by atoms with Crippen LogP contribution >= 0.6 is 27.5 Å². The summed E-state index contributed by atoms with van der Waals surface area (Å²) in [6.07, 6.45) is 0. The third kappa shape index (κ3) is 5.52. The topological polar surface area (TPSA) is 41.1 Å². The third-order valence-electron chi connectivity index (χ3n) is 2.09. The quantitative estimate of drug-likeness (QED) is 0.819. The van der Waals surface area contributed by atoms with E-state index in [1.807, 2.05) is 0 Å². The van der Waals surface area contributed by atoms with Gasteiger partial charge in [-0.3, -0.25) is 4.79 Å². The second-order valence-corrected chi connectivity index (χ2v) is 5.37. The Kier molecular flexibility index (Phi) is 5.95. The largest absolute Gasteiger partial charge is 0.351 e. The number of hydrogen-bond donors (Lipinski definition) is 2. The van der Waals surface area contributed by atoms with Crippen LogP contribution in [0.5, 0.6) is 0 Å². The van der Waals surface area contributed by atoms with Crippen molar-refractivity contribution in [2.24, 2.45) is 0 Å². The molecule has 0 atom stereocenters. The molecule has 0 saturated heterocycles. The molecule has 3 nitrogen and oxygen atoms in total. The zero-order chi connectivity index (χ0) is 12.8. The first-order valence-corrected chi connectivity index (χ1v) is 6.64. The Morgan fingerprint density at radius 3 is 2.65 bits per heavy atom. The summed E-state index contributed by atoms with van der Waals surface area (Å²) in [7, 11) is 0. The molecule has 1 amide bonds. The molecular weight excluding hydrogens is 304 g/mol. The summed E-state index contributed by atoms with van der Waals surface area (Å²) in [4.78, 5) is 11.8. The Labute approximate surface area is 115 Å². The van der Waals surface area contributed by atoms with Crippen LogP contribution in [0.15, 0.2) is 22.7 Å². The molecule has 0 aliphatic carbocycles. The van der Waals surface area contributed by atoms with Crippen LogP contribution in [0.25, 0.3) is 0 Å². The summed E-state index contributed by atoms with van der Waals surface area (Å²) < 4.78 is 0.801. The van der Waals surface area contributed by atoms with Crippen LogP contribution in [0.1, 0.15) is 24.2 Å². The number of hydrogen-bond acceptors (Lipinski definition) is 2. The van der Waals surface area contributed by atoms with Gasteiger partial charge in [0.1, 0.15) is 0 Å². The Hall–Kier alpha value is -0.580. The van der Waals surface area contributed by atoms with Crippen molar-refractivity contribution in [3.8, 4) is 0 Å². The van der Waals surface area contributed by atoms with E-state index >= 15 is 0 Å². The number of amides is 1. The Balaban J connectivity index is 2.47. The molecule has 94 valence electrons. The highest BCUT2D eigenvalue weighted by molar-refractivity contribution is 9.10. The fourth-order valence-corrected chi connectivity index (χ4v) is 2.18. The SMILES string of the molecule is CC(C)NCCNC(=O)c1cc(Cl)cc(Br)c1. The van der Waals surface area contributed by atoms with E-state index in [1.54, 1.807) is 18.2 Å². The summed E-state index contributed by atoms with van der Waals surface area (Å²) >= 11 is 9.18. The fraction of sp³-hybridized carbons (Fsp3) is 0.417.